The first-order valence-corrected chi connectivity index (χ1v) is 7.58. The van der Waals surface area contributed by atoms with E-state index in [0.717, 1.165) is 25.3 Å². The highest BCUT2D eigenvalue weighted by atomic mass is 16.5. The third-order valence-electron chi connectivity index (χ3n) is 3.97. The number of carbonyl (C=O) groups is 1. The summed E-state index contributed by atoms with van der Waals surface area (Å²) in [6.07, 6.45) is 1.12. The maximum Gasteiger partial charge on any atom is 0.240 e. The average Bonchev–Trinajstić information content (AvgIpc) is 3.00. The molecule has 1 aromatic carbocycles. The predicted octanol–water partition coefficient (Wildman–Crippen LogP) is 0.925. The molecule has 0 bridgehead atoms. The smallest absolute Gasteiger partial charge is 0.240 e. The van der Waals surface area contributed by atoms with E-state index in [1.807, 2.05) is 6.07 Å². The molecule has 3 rings (SSSR count). The fourth-order valence-electron chi connectivity index (χ4n) is 2.70. The van der Waals surface area contributed by atoms with Crippen molar-refractivity contribution in [1.29, 1.82) is 0 Å². The molecule has 0 fully saturated rings. The summed E-state index contributed by atoms with van der Waals surface area (Å²) in [5.74, 6) is 1.70. The Morgan fingerprint density at radius 3 is 3.09 bits per heavy atom. The monoisotopic (exact) mass is 316 g/mol. The van der Waals surface area contributed by atoms with Crippen molar-refractivity contribution >= 4 is 5.91 Å². The van der Waals surface area contributed by atoms with Crippen molar-refractivity contribution in [2.24, 2.45) is 0 Å². The van der Waals surface area contributed by atoms with Gasteiger partial charge in [0, 0.05) is 20.1 Å². The van der Waals surface area contributed by atoms with E-state index in [1.165, 1.54) is 11.1 Å². The summed E-state index contributed by atoms with van der Waals surface area (Å²) >= 11 is 0. The predicted molar refractivity (Wildman–Crippen MR) is 82.9 cm³/mol. The second-order valence-corrected chi connectivity index (χ2v) is 5.55. The third kappa shape index (κ3) is 3.68. The molecule has 0 saturated heterocycles. The lowest BCUT2D eigenvalue weighted by molar-refractivity contribution is -0.120. The number of nitrogens with one attached hydrogen (secondary N) is 1. The Bertz CT molecular complexity index is 698. The zero-order valence-corrected chi connectivity index (χ0v) is 13.3. The normalized spacial score (nSPS) is 14.3. The van der Waals surface area contributed by atoms with Crippen molar-refractivity contribution < 1.29 is 14.1 Å². The van der Waals surface area contributed by atoms with Gasteiger partial charge in [0.05, 0.1) is 20.1 Å². The number of amides is 1. The molecule has 122 valence electrons. The highest BCUT2D eigenvalue weighted by molar-refractivity contribution is 5.77. The number of rotatable bonds is 5. The van der Waals surface area contributed by atoms with E-state index in [0.29, 0.717) is 18.3 Å². The van der Waals surface area contributed by atoms with Gasteiger partial charge < -0.3 is 14.6 Å². The molecular formula is C16H20N4O3. The number of nitrogens with zero attached hydrogens (tertiary/aromatic N) is 3. The summed E-state index contributed by atoms with van der Waals surface area (Å²) in [4.78, 5) is 17.8. The van der Waals surface area contributed by atoms with Gasteiger partial charge in [0.2, 0.25) is 11.8 Å². The third-order valence-corrected chi connectivity index (χ3v) is 3.97. The fourth-order valence-corrected chi connectivity index (χ4v) is 2.70. The first-order chi connectivity index (χ1) is 11.2. The van der Waals surface area contributed by atoms with Gasteiger partial charge >= 0.3 is 0 Å². The lowest BCUT2D eigenvalue weighted by Crippen LogP contribution is -2.30. The lowest BCUT2D eigenvalue weighted by Gasteiger charge is -2.27. The Morgan fingerprint density at radius 1 is 1.43 bits per heavy atom. The van der Waals surface area contributed by atoms with E-state index in [1.54, 1.807) is 14.2 Å². The van der Waals surface area contributed by atoms with Crippen LogP contribution in [0.15, 0.2) is 22.7 Å². The maximum atomic E-state index is 11.3. The first kappa shape index (κ1) is 15.5. The van der Waals surface area contributed by atoms with Crippen molar-refractivity contribution in [3.05, 3.63) is 41.0 Å². The average molecular weight is 316 g/mol. The highest BCUT2D eigenvalue weighted by Gasteiger charge is 2.19. The molecule has 23 heavy (non-hydrogen) atoms. The zero-order chi connectivity index (χ0) is 16.2. The quantitative estimate of drug-likeness (QED) is 0.884. The number of fused-ring (bicyclic) bond motifs is 1. The van der Waals surface area contributed by atoms with Crippen LogP contribution in [0.2, 0.25) is 0 Å². The number of hydrogen-bond donors (Lipinski definition) is 1. The molecule has 7 heteroatoms. The molecule has 0 saturated carbocycles. The van der Waals surface area contributed by atoms with Crippen LogP contribution in [0, 0.1) is 0 Å². The van der Waals surface area contributed by atoms with E-state index < -0.39 is 0 Å². The molecule has 1 amide bonds. The van der Waals surface area contributed by atoms with E-state index >= 15 is 0 Å². The van der Waals surface area contributed by atoms with Crippen LogP contribution in [0.3, 0.4) is 0 Å². The molecule has 1 aromatic heterocycles. The van der Waals surface area contributed by atoms with E-state index in [-0.39, 0.29) is 12.3 Å². The molecule has 0 radical (unpaired) electrons. The summed E-state index contributed by atoms with van der Waals surface area (Å²) < 4.78 is 10.5. The Balaban J connectivity index is 1.64. The first-order valence-electron chi connectivity index (χ1n) is 7.58. The van der Waals surface area contributed by atoms with E-state index in [2.05, 4.69) is 32.5 Å². The Kier molecular flexibility index (Phi) is 4.57. The van der Waals surface area contributed by atoms with Crippen LogP contribution in [0.4, 0.5) is 0 Å². The van der Waals surface area contributed by atoms with Crippen molar-refractivity contribution in [1.82, 2.24) is 20.4 Å². The van der Waals surface area contributed by atoms with Crippen molar-refractivity contribution in [3.8, 4) is 5.75 Å². The van der Waals surface area contributed by atoms with Gasteiger partial charge in [-0.05, 0) is 29.7 Å². The van der Waals surface area contributed by atoms with Crippen molar-refractivity contribution in [3.63, 3.8) is 0 Å². The fraction of sp³-hybridized carbons (Fsp3) is 0.438. The molecule has 1 aliphatic rings. The topological polar surface area (TPSA) is 80.5 Å². The van der Waals surface area contributed by atoms with Crippen LogP contribution in [-0.2, 0) is 30.7 Å². The van der Waals surface area contributed by atoms with Crippen LogP contribution in [0.25, 0.3) is 0 Å². The van der Waals surface area contributed by atoms with E-state index in [4.69, 9.17) is 9.26 Å². The maximum absolute atomic E-state index is 11.3. The van der Waals surface area contributed by atoms with Crippen LogP contribution in [0.1, 0.15) is 22.8 Å². The summed E-state index contributed by atoms with van der Waals surface area (Å²) in [5.41, 5.74) is 2.62. The van der Waals surface area contributed by atoms with Crippen LogP contribution in [-0.4, -0.2) is 41.6 Å². The second kappa shape index (κ2) is 6.78. The standard InChI is InChI=1S/C16H20N4O3/c1-17-15(21)8-14-18-16(23-19-14)10-20-6-5-11-3-4-13(22-2)7-12(11)9-20/h3-4,7H,5-6,8-10H2,1-2H3,(H,17,21). The lowest BCUT2D eigenvalue weighted by atomic mass is 9.99. The molecule has 0 atom stereocenters. The number of aromatic nitrogens is 2. The summed E-state index contributed by atoms with van der Waals surface area (Å²) in [7, 11) is 3.26. The molecule has 0 aliphatic carbocycles. The van der Waals surface area contributed by atoms with Crippen molar-refractivity contribution in [2.45, 2.75) is 25.9 Å². The van der Waals surface area contributed by atoms with Gasteiger partial charge in [0.25, 0.3) is 0 Å². The molecule has 7 nitrogen and oxygen atoms in total. The van der Waals surface area contributed by atoms with Gasteiger partial charge in [-0.1, -0.05) is 11.2 Å². The van der Waals surface area contributed by atoms with Crippen LogP contribution >= 0.6 is 0 Å². The molecule has 1 N–H and O–H groups in total. The summed E-state index contributed by atoms with van der Waals surface area (Å²) in [5, 5.41) is 6.39. The van der Waals surface area contributed by atoms with Gasteiger partial charge in [-0.25, -0.2) is 0 Å². The van der Waals surface area contributed by atoms with E-state index in [9.17, 15) is 4.79 Å². The number of benzene rings is 1. The number of likely N-dealkylation sites (N-methyl/N-ethyl adjacent to an activating group) is 1. The highest BCUT2D eigenvalue weighted by Crippen LogP contribution is 2.24. The van der Waals surface area contributed by atoms with Gasteiger partial charge in [-0.3, -0.25) is 9.69 Å². The molecule has 0 spiro atoms. The Labute approximate surface area is 134 Å². The zero-order valence-electron chi connectivity index (χ0n) is 13.3. The minimum Gasteiger partial charge on any atom is -0.497 e. The Hall–Kier alpha value is -2.41. The number of methoxy groups -OCH3 is 1. The van der Waals surface area contributed by atoms with Crippen LogP contribution < -0.4 is 10.1 Å². The summed E-state index contributed by atoms with van der Waals surface area (Å²) in [6.45, 7) is 2.34. The molecule has 2 heterocycles. The molecule has 0 unspecified atom stereocenters. The number of hydrogen-bond acceptors (Lipinski definition) is 6. The van der Waals surface area contributed by atoms with Crippen LogP contribution in [0.5, 0.6) is 5.75 Å². The molecule has 2 aromatic rings. The minimum atomic E-state index is -0.128. The van der Waals surface area contributed by atoms with Gasteiger partial charge in [0.15, 0.2) is 5.82 Å². The minimum absolute atomic E-state index is 0.128. The summed E-state index contributed by atoms with van der Waals surface area (Å²) in [6, 6.07) is 6.20. The molecular weight excluding hydrogens is 296 g/mol. The van der Waals surface area contributed by atoms with Gasteiger partial charge in [-0.15, -0.1) is 0 Å². The largest absolute Gasteiger partial charge is 0.497 e. The van der Waals surface area contributed by atoms with Gasteiger partial charge in [0.1, 0.15) is 5.75 Å². The Morgan fingerprint density at radius 2 is 2.30 bits per heavy atom. The number of carbonyl (C=O) groups excluding carboxylic acids is 1. The van der Waals surface area contributed by atoms with Gasteiger partial charge in [-0.2, -0.15) is 4.98 Å². The van der Waals surface area contributed by atoms with Crippen molar-refractivity contribution in [2.75, 3.05) is 20.7 Å². The number of ether oxygens (including phenoxy) is 1. The second-order valence-electron chi connectivity index (χ2n) is 5.55. The molecule has 1 aliphatic heterocycles. The SMILES string of the molecule is CNC(=O)Cc1noc(CN2CCc3ccc(OC)cc3C2)n1.